The van der Waals surface area contributed by atoms with Crippen LogP contribution >= 0.6 is 0 Å². The van der Waals surface area contributed by atoms with Crippen molar-refractivity contribution in [1.82, 2.24) is 0 Å². The van der Waals surface area contributed by atoms with Gasteiger partial charge in [-0.2, -0.15) is 0 Å². The van der Waals surface area contributed by atoms with Crippen LogP contribution in [-0.4, -0.2) is 20.0 Å². The molecule has 0 unspecified atom stereocenters. The molecule has 20 heavy (non-hydrogen) atoms. The Labute approximate surface area is 117 Å². The second-order valence-corrected chi connectivity index (χ2v) is 4.03. The summed E-state index contributed by atoms with van der Waals surface area (Å²) in [7, 11) is 1.56. The molecule has 0 aliphatic rings. The third kappa shape index (κ3) is 3.29. The minimum Gasteiger partial charge on any atom is -0.497 e. The summed E-state index contributed by atoms with van der Waals surface area (Å²) in [6, 6.07) is 12.3. The number of carbonyl (C=O) groups is 1. The lowest BCUT2D eigenvalue weighted by atomic mass is 10.2. The molecule has 0 bridgehead atoms. The minimum atomic E-state index is 0.452. The van der Waals surface area contributed by atoms with E-state index < -0.39 is 0 Å². The predicted molar refractivity (Wildman–Crippen MR) is 76.1 cm³/mol. The van der Waals surface area contributed by atoms with Gasteiger partial charge in [0.25, 0.3) is 0 Å². The highest BCUT2D eigenvalue weighted by Crippen LogP contribution is 2.30. The van der Waals surface area contributed by atoms with Crippen LogP contribution in [0.1, 0.15) is 17.3 Å². The van der Waals surface area contributed by atoms with Gasteiger partial charge in [0.05, 0.1) is 19.3 Å². The lowest BCUT2D eigenvalue weighted by Gasteiger charge is -2.11. The van der Waals surface area contributed by atoms with Gasteiger partial charge in [0.1, 0.15) is 23.0 Å². The van der Waals surface area contributed by atoms with Crippen LogP contribution < -0.4 is 14.2 Å². The molecule has 0 saturated heterocycles. The molecule has 0 fully saturated rings. The van der Waals surface area contributed by atoms with Gasteiger partial charge in [-0.3, -0.25) is 4.79 Å². The smallest absolute Gasteiger partial charge is 0.153 e. The number of aldehydes is 1. The quantitative estimate of drug-likeness (QED) is 0.752. The number of methoxy groups -OCH3 is 1. The fraction of sp³-hybridized carbons (Fsp3) is 0.188. The molecule has 0 spiro atoms. The Bertz CT molecular complexity index is 593. The molecular formula is C16H16O4. The Kier molecular flexibility index (Phi) is 4.60. The third-order valence-corrected chi connectivity index (χ3v) is 2.69. The van der Waals surface area contributed by atoms with E-state index in [9.17, 15) is 4.79 Å². The summed E-state index contributed by atoms with van der Waals surface area (Å²) >= 11 is 0. The molecule has 0 N–H and O–H groups in total. The summed E-state index contributed by atoms with van der Waals surface area (Å²) < 4.78 is 16.3. The van der Waals surface area contributed by atoms with Crippen molar-refractivity contribution in [3.05, 3.63) is 48.0 Å². The van der Waals surface area contributed by atoms with Crippen LogP contribution in [0.5, 0.6) is 23.0 Å². The Balaban J connectivity index is 2.28. The maximum atomic E-state index is 11.0. The van der Waals surface area contributed by atoms with Gasteiger partial charge >= 0.3 is 0 Å². The van der Waals surface area contributed by atoms with Crippen molar-refractivity contribution >= 4 is 6.29 Å². The fourth-order valence-electron chi connectivity index (χ4n) is 1.75. The van der Waals surface area contributed by atoms with E-state index >= 15 is 0 Å². The summed E-state index contributed by atoms with van der Waals surface area (Å²) in [6.07, 6.45) is 0.751. The number of benzene rings is 2. The zero-order valence-electron chi connectivity index (χ0n) is 11.5. The van der Waals surface area contributed by atoms with E-state index in [2.05, 4.69) is 0 Å². The van der Waals surface area contributed by atoms with Crippen molar-refractivity contribution < 1.29 is 19.0 Å². The first-order chi connectivity index (χ1) is 9.76. The molecule has 2 aromatic rings. The molecule has 0 aliphatic heterocycles. The van der Waals surface area contributed by atoms with Crippen molar-refractivity contribution in [2.45, 2.75) is 6.92 Å². The summed E-state index contributed by atoms with van der Waals surface area (Å²) in [5.41, 5.74) is 0.465. The second kappa shape index (κ2) is 6.61. The van der Waals surface area contributed by atoms with Crippen molar-refractivity contribution in [2.24, 2.45) is 0 Å². The van der Waals surface area contributed by atoms with E-state index in [1.165, 1.54) is 0 Å². The van der Waals surface area contributed by atoms with Crippen molar-refractivity contribution in [2.75, 3.05) is 13.7 Å². The summed E-state index contributed by atoms with van der Waals surface area (Å²) in [4.78, 5) is 11.0. The first kappa shape index (κ1) is 13.9. The van der Waals surface area contributed by atoms with Gasteiger partial charge in [0.15, 0.2) is 6.29 Å². The normalized spacial score (nSPS) is 9.90. The van der Waals surface area contributed by atoms with Crippen molar-refractivity contribution in [3.8, 4) is 23.0 Å². The van der Waals surface area contributed by atoms with E-state index in [1.807, 2.05) is 19.1 Å². The van der Waals surface area contributed by atoms with Crippen LogP contribution in [0.15, 0.2) is 42.5 Å². The van der Waals surface area contributed by atoms with Crippen LogP contribution in [-0.2, 0) is 0 Å². The highest BCUT2D eigenvalue weighted by molar-refractivity contribution is 5.80. The molecular weight excluding hydrogens is 256 g/mol. The summed E-state index contributed by atoms with van der Waals surface area (Å²) in [5, 5.41) is 0. The topological polar surface area (TPSA) is 44.8 Å². The number of carbonyl (C=O) groups excluding carboxylic acids is 1. The standard InChI is InChI=1S/C16H16O4/c1-3-19-14-5-4-6-15(9-14)20-16-10-13(18-2)8-7-12(16)11-17/h4-11H,3H2,1-2H3. The molecule has 104 valence electrons. The van der Waals surface area contributed by atoms with Crippen molar-refractivity contribution in [3.63, 3.8) is 0 Å². The monoisotopic (exact) mass is 272 g/mol. The zero-order chi connectivity index (χ0) is 14.4. The fourth-order valence-corrected chi connectivity index (χ4v) is 1.75. The van der Waals surface area contributed by atoms with Gasteiger partial charge in [-0.15, -0.1) is 0 Å². The predicted octanol–water partition coefficient (Wildman–Crippen LogP) is 3.70. The maximum Gasteiger partial charge on any atom is 0.153 e. The summed E-state index contributed by atoms with van der Waals surface area (Å²) in [6.45, 7) is 2.50. The molecule has 0 radical (unpaired) electrons. The van der Waals surface area contributed by atoms with Crippen molar-refractivity contribution in [1.29, 1.82) is 0 Å². The number of hydrogen-bond donors (Lipinski definition) is 0. The Morgan fingerprint density at radius 2 is 1.85 bits per heavy atom. The average Bonchev–Trinajstić information content (AvgIpc) is 2.48. The van der Waals surface area contributed by atoms with E-state index in [-0.39, 0.29) is 0 Å². The molecule has 0 amide bonds. The molecule has 2 rings (SSSR count). The lowest BCUT2D eigenvalue weighted by molar-refractivity contribution is 0.112. The van der Waals surface area contributed by atoms with Gasteiger partial charge in [0.2, 0.25) is 0 Å². The van der Waals surface area contributed by atoms with E-state index in [0.717, 1.165) is 12.0 Å². The van der Waals surface area contributed by atoms with Gasteiger partial charge in [-0.25, -0.2) is 0 Å². The first-order valence-corrected chi connectivity index (χ1v) is 6.30. The Morgan fingerprint density at radius 1 is 1.05 bits per heavy atom. The molecule has 0 atom stereocenters. The van der Waals surface area contributed by atoms with E-state index in [0.29, 0.717) is 29.4 Å². The van der Waals surface area contributed by atoms with E-state index in [1.54, 1.807) is 37.4 Å². The van der Waals surface area contributed by atoms with Crippen LogP contribution in [0.2, 0.25) is 0 Å². The number of ether oxygens (including phenoxy) is 3. The van der Waals surface area contributed by atoms with Gasteiger partial charge in [-0.1, -0.05) is 6.07 Å². The largest absolute Gasteiger partial charge is 0.497 e. The van der Waals surface area contributed by atoms with Gasteiger partial charge < -0.3 is 14.2 Å². The molecule has 4 nitrogen and oxygen atoms in total. The maximum absolute atomic E-state index is 11.0. The first-order valence-electron chi connectivity index (χ1n) is 6.30. The Hall–Kier alpha value is -2.49. The Morgan fingerprint density at radius 3 is 2.55 bits per heavy atom. The van der Waals surface area contributed by atoms with Crippen LogP contribution in [0, 0.1) is 0 Å². The highest BCUT2D eigenvalue weighted by Gasteiger charge is 2.07. The SMILES string of the molecule is CCOc1cccc(Oc2cc(OC)ccc2C=O)c1. The highest BCUT2D eigenvalue weighted by atomic mass is 16.5. The number of rotatable bonds is 6. The van der Waals surface area contributed by atoms with Crippen LogP contribution in [0.3, 0.4) is 0 Å². The van der Waals surface area contributed by atoms with E-state index in [4.69, 9.17) is 14.2 Å². The van der Waals surface area contributed by atoms with Crippen LogP contribution in [0.4, 0.5) is 0 Å². The number of hydrogen-bond acceptors (Lipinski definition) is 4. The molecule has 0 aromatic heterocycles. The molecule has 0 saturated carbocycles. The molecule has 0 heterocycles. The van der Waals surface area contributed by atoms with Gasteiger partial charge in [0, 0.05) is 12.1 Å². The minimum absolute atomic E-state index is 0.452. The molecule has 4 heteroatoms. The third-order valence-electron chi connectivity index (χ3n) is 2.69. The average molecular weight is 272 g/mol. The lowest BCUT2D eigenvalue weighted by Crippen LogP contribution is -1.94. The van der Waals surface area contributed by atoms with Crippen LogP contribution in [0.25, 0.3) is 0 Å². The second-order valence-electron chi connectivity index (χ2n) is 4.03. The molecule has 0 aliphatic carbocycles. The summed E-state index contributed by atoms with van der Waals surface area (Å²) in [5.74, 6) is 2.41. The van der Waals surface area contributed by atoms with Gasteiger partial charge in [-0.05, 0) is 31.2 Å². The molecule has 2 aromatic carbocycles. The zero-order valence-corrected chi connectivity index (χ0v) is 11.5.